The molecule has 1 aromatic carbocycles. The van der Waals surface area contributed by atoms with Crippen LogP contribution in [-0.4, -0.2) is 17.4 Å². The Kier molecular flexibility index (Phi) is 4.96. The molecule has 0 radical (unpaired) electrons. The molecule has 0 saturated heterocycles. The topological polar surface area (TPSA) is 54.0 Å². The number of halogens is 1. The standard InChI is InChI=1S/C15H16ClN3O/c1-11-2-3-13(16)8-14(11)18-10-15(20)19-9-12-4-6-17-7-5-12/h2-8,18H,9-10H2,1H3,(H,19,20). The van der Waals surface area contributed by atoms with E-state index in [1.54, 1.807) is 12.4 Å². The zero-order valence-corrected chi connectivity index (χ0v) is 11.9. The van der Waals surface area contributed by atoms with Crippen LogP contribution in [0.1, 0.15) is 11.1 Å². The number of carbonyl (C=O) groups is 1. The zero-order valence-electron chi connectivity index (χ0n) is 11.2. The molecule has 0 aliphatic carbocycles. The summed E-state index contributed by atoms with van der Waals surface area (Å²) in [6.07, 6.45) is 3.41. The van der Waals surface area contributed by atoms with Crippen molar-refractivity contribution in [3.05, 3.63) is 58.9 Å². The lowest BCUT2D eigenvalue weighted by molar-refractivity contribution is -0.119. The Bertz CT molecular complexity index is 587. The fourth-order valence-electron chi connectivity index (χ4n) is 1.72. The molecule has 104 valence electrons. The summed E-state index contributed by atoms with van der Waals surface area (Å²) in [5.41, 5.74) is 2.94. The summed E-state index contributed by atoms with van der Waals surface area (Å²) < 4.78 is 0. The van der Waals surface area contributed by atoms with Crippen molar-refractivity contribution < 1.29 is 4.79 Å². The first-order valence-corrected chi connectivity index (χ1v) is 6.68. The highest BCUT2D eigenvalue weighted by Crippen LogP contribution is 2.19. The van der Waals surface area contributed by atoms with E-state index in [9.17, 15) is 4.79 Å². The van der Waals surface area contributed by atoms with Crippen LogP contribution in [0.5, 0.6) is 0 Å². The number of amides is 1. The van der Waals surface area contributed by atoms with Crippen LogP contribution in [-0.2, 0) is 11.3 Å². The van der Waals surface area contributed by atoms with E-state index in [-0.39, 0.29) is 12.5 Å². The second-order valence-corrected chi connectivity index (χ2v) is 4.88. The molecule has 0 spiro atoms. The summed E-state index contributed by atoms with van der Waals surface area (Å²) in [7, 11) is 0. The Morgan fingerprint density at radius 1 is 1.25 bits per heavy atom. The van der Waals surface area contributed by atoms with E-state index < -0.39 is 0 Å². The van der Waals surface area contributed by atoms with E-state index in [1.165, 1.54) is 0 Å². The van der Waals surface area contributed by atoms with Crippen LogP contribution >= 0.6 is 11.6 Å². The fraction of sp³-hybridized carbons (Fsp3) is 0.200. The van der Waals surface area contributed by atoms with Crippen LogP contribution < -0.4 is 10.6 Å². The Morgan fingerprint density at radius 3 is 2.75 bits per heavy atom. The minimum atomic E-state index is -0.0683. The molecule has 0 unspecified atom stereocenters. The van der Waals surface area contributed by atoms with Gasteiger partial charge in [-0.2, -0.15) is 0 Å². The third kappa shape index (κ3) is 4.24. The Hall–Kier alpha value is -2.07. The van der Waals surface area contributed by atoms with Crippen molar-refractivity contribution in [3.63, 3.8) is 0 Å². The largest absolute Gasteiger partial charge is 0.376 e. The summed E-state index contributed by atoms with van der Waals surface area (Å²) in [4.78, 5) is 15.7. The lowest BCUT2D eigenvalue weighted by atomic mass is 10.2. The van der Waals surface area contributed by atoms with E-state index >= 15 is 0 Å². The first-order chi connectivity index (χ1) is 9.65. The van der Waals surface area contributed by atoms with Crippen LogP contribution in [0.15, 0.2) is 42.7 Å². The normalized spacial score (nSPS) is 10.1. The number of nitrogens with zero attached hydrogens (tertiary/aromatic N) is 1. The van der Waals surface area contributed by atoms with Gasteiger partial charge in [-0.1, -0.05) is 17.7 Å². The molecule has 4 nitrogen and oxygen atoms in total. The monoisotopic (exact) mass is 289 g/mol. The van der Waals surface area contributed by atoms with Crippen molar-refractivity contribution in [2.24, 2.45) is 0 Å². The van der Waals surface area contributed by atoms with E-state index in [2.05, 4.69) is 15.6 Å². The number of carbonyl (C=O) groups excluding carboxylic acids is 1. The number of hydrogen-bond donors (Lipinski definition) is 2. The molecule has 0 aliphatic heterocycles. The molecular weight excluding hydrogens is 274 g/mol. The van der Waals surface area contributed by atoms with Crippen molar-refractivity contribution >= 4 is 23.2 Å². The van der Waals surface area contributed by atoms with E-state index in [1.807, 2.05) is 37.3 Å². The molecule has 0 atom stereocenters. The van der Waals surface area contributed by atoms with Crippen LogP contribution in [0, 0.1) is 6.92 Å². The quantitative estimate of drug-likeness (QED) is 0.890. The second kappa shape index (κ2) is 6.91. The van der Waals surface area contributed by atoms with Gasteiger partial charge in [0.1, 0.15) is 0 Å². The second-order valence-electron chi connectivity index (χ2n) is 4.44. The lowest BCUT2D eigenvalue weighted by Crippen LogP contribution is -2.29. The van der Waals surface area contributed by atoms with Crippen LogP contribution in [0.3, 0.4) is 0 Å². The third-order valence-corrected chi connectivity index (χ3v) is 3.11. The maximum Gasteiger partial charge on any atom is 0.239 e. The maximum absolute atomic E-state index is 11.8. The number of aromatic nitrogens is 1. The Labute approximate surface area is 123 Å². The van der Waals surface area contributed by atoms with E-state index in [0.717, 1.165) is 16.8 Å². The average Bonchev–Trinajstić information content (AvgIpc) is 2.47. The van der Waals surface area contributed by atoms with Gasteiger partial charge in [0, 0.05) is 29.6 Å². The van der Waals surface area contributed by atoms with Crippen LogP contribution in [0.25, 0.3) is 0 Å². The minimum Gasteiger partial charge on any atom is -0.376 e. The van der Waals surface area contributed by atoms with E-state index in [4.69, 9.17) is 11.6 Å². The predicted molar refractivity (Wildman–Crippen MR) is 80.8 cm³/mol. The van der Waals surface area contributed by atoms with Crippen LogP contribution in [0.4, 0.5) is 5.69 Å². The number of rotatable bonds is 5. The van der Waals surface area contributed by atoms with Gasteiger partial charge in [0.05, 0.1) is 6.54 Å². The molecule has 0 saturated carbocycles. The summed E-state index contributed by atoms with van der Waals surface area (Å²) in [5, 5.41) is 6.57. The summed E-state index contributed by atoms with van der Waals surface area (Å²) in [5.74, 6) is -0.0683. The smallest absolute Gasteiger partial charge is 0.239 e. The van der Waals surface area contributed by atoms with Crippen molar-refractivity contribution in [1.29, 1.82) is 0 Å². The molecule has 2 aromatic rings. The van der Waals surface area contributed by atoms with Gasteiger partial charge in [-0.25, -0.2) is 0 Å². The zero-order chi connectivity index (χ0) is 14.4. The number of aryl methyl sites for hydroxylation is 1. The lowest BCUT2D eigenvalue weighted by Gasteiger charge is -2.10. The number of anilines is 1. The summed E-state index contributed by atoms with van der Waals surface area (Å²) in [6.45, 7) is 2.68. The number of nitrogens with one attached hydrogen (secondary N) is 2. The van der Waals surface area contributed by atoms with Gasteiger partial charge >= 0.3 is 0 Å². The van der Waals surface area contributed by atoms with Gasteiger partial charge in [0.25, 0.3) is 0 Å². The minimum absolute atomic E-state index is 0.0683. The molecule has 0 aliphatic rings. The molecule has 1 aromatic heterocycles. The molecule has 0 bridgehead atoms. The molecule has 2 N–H and O–H groups in total. The van der Waals surface area contributed by atoms with Crippen molar-refractivity contribution in [2.75, 3.05) is 11.9 Å². The molecule has 1 heterocycles. The number of benzene rings is 1. The molecule has 0 fully saturated rings. The summed E-state index contributed by atoms with van der Waals surface area (Å²) >= 11 is 5.93. The van der Waals surface area contributed by atoms with Crippen molar-refractivity contribution in [2.45, 2.75) is 13.5 Å². The maximum atomic E-state index is 11.8. The van der Waals surface area contributed by atoms with Gasteiger partial charge in [0.2, 0.25) is 5.91 Å². The highest BCUT2D eigenvalue weighted by Gasteiger charge is 2.03. The number of hydrogen-bond acceptors (Lipinski definition) is 3. The van der Waals surface area contributed by atoms with Gasteiger partial charge in [0.15, 0.2) is 0 Å². The Morgan fingerprint density at radius 2 is 2.00 bits per heavy atom. The van der Waals surface area contributed by atoms with Crippen LogP contribution in [0.2, 0.25) is 5.02 Å². The average molecular weight is 290 g/mol. The van der Waals surface area contributed by atoms with Gasteiger partial charge in [-0.05, 0) is 42.3 Å². The van der Waals surface area contributed by atoms with Crippen molar-refractivity contribution in [1.82, 2.24) is 10.3 Å². The molecule has 20 heavy (non-hydrogen) atoms. The van der Waals surface area contributed by atoms with Gasteiger partial charge < -0.3 is 10.6 Å². The molecular formula is C15H16ClN3O. The molecule has 2 rings (SSSR count). The summed E-state index contributed by atoms with van der Waals surface area (Å²) in [6, 6.07) is 9.29. The predicted octanol–water partition coefficient (Wildman–Crippen LogP) is 2.77. The highest BCUT2D eigenvalue weighted by atomic mass is 35.5. The number of pyridine rings is 1. The third-order valence-electron chi connectivity index (χ3n) is 2.88. The fourth-order valence-corrected chi connectivity index (χ4v) is 1.90. The highest BCUT2D eigenvalue weighted by molar-refractivity contribution is 6.30. The Balaban J connectivity index is 1.82. The van der Waals surface area contributed by atoms with Crippen molar-refractivity contribution in [3.8, 4) is 0 Å². The first-order valence-electron chi connectivity index (χ1n) is 6.31. The first kappa shape index (κ1) is 14.3. The molecule has 1 amide bonds. The van der Waals surface area contributed by atoms with Gasteiger partial charge in [-0.15, -0.1) is 0 Å². The van der Waals surface area contributed by atoms with E-state index in [0.29, 0.717) is 11.6 Å². The SMILES string of the molecule is Cc1ccc(Cl)cc1NCC(=O)NCc1ccncc1. The van der Waals surface area contributed by atoms with Gasteiger partial charge in [-0.3, -0.25) is 9.78 Å². The molecule has 5 heteroatoms.